The Balaban J connectivity index is 1.52. The van der Waals surface area contributed by atoms with Crippen molar-refractivity contribution in [3.63, 3.8) is 0 Å². The second kappa shape index (κ2) is 12.4. The Morgan fingerprint density at radius 3 is 2.28 bits per heavy atom. The van der Waals surface area contributed by atoms with Gasteiger partial charge in [0, 0.05) is 26.1 Å². The Hall–Kier alpha value is -3.14. The lowest BCUT2D eigenvalue weighted by Gasteiger charge is -2.49. The number of carbonyl (C=O) groups is 3. The van der Waals surface area contributed by atoms with Gasteiger partial charge in [-0.25, -0.2) is 9.59 Å². The molecule has 2 aromatic rings. The Labute approximate surface area is 240 Å². The molecule has 2 aromatic carbocycles. The average Bonchev–Trinajstić information content (AvgIpc) is 2.88. The molecule has 0 aromatic heterocycles. The highest BCUT2D eigenvalue weighted by Gasteiger charge is 2.47. The lowest BCUT2D eigenvalue weighted by atomic mass is 9.82. The molecule has 2 aliphatic rings. The first-order valence-corrected chi connectivity index (χ1v) is 13.4. The summed E-state index contributed by atoms with van der Waals surface area (Å²) in [6, 6.07) is 8.89. The normalized spacial score (nSPS) is 18.6. The van der Waals surface area contributed by atoms with E-state index in [9.17, 15) is 19.5 Å². The van der Waals surface area contributed by atoms with Crippen molar-refractivity contribution in [1.29, 1.82) is 0 Å². The van der Waals surface area contributed by atoms with Crippen LogP contribution in [0, 0.1) is 0 Å². The van der Waals surface area contributed by atoms with E-state index in [1.807, 2.05) is 12.1 Å². The summed E-state index contributed by atoms with van der Waals surface area (Å²) in [5.41, 5.74) is 1.70. The predicted molar refractivity (Wildman–Crippen MR) is 147 cm³/mol. The van der Waals surface area contributed by atoms with E-state index in [-0.39, 0.29) is 50.8 Å². The van der Waals surface area contributed by atoms with E-state index in [2.05, 4.69) is 0 Å². The molecule has 2 aliphatic heterocycles. The number of carboxylic acid groups (broad SMARTS) is 1. The molecule has 1 fully saturated rings. The van der Waals surface area contributed by atoms with Gasteiger partial charge < -0.3 is 24.2 Å². The number of ether oxygens (including phenoxy) is 3. The van der Waals surface area contributed by atoms with Crippen molar-refractivity contribution in [2.45, 2.75) is 32.4 Å². The minimum Gasteiger partial charge on any atom is -0.490 e. The van der Waals surface area contributed by atoms with E-state index in [1.165, 1.54) is 24.0 Å². The van der Waals surface area contributed by atoms with Crippen LogP contribution < -0.4 is 9.47 Å². The van der Waals surface area contributed by atoms with E-state index < -0.39 is 24.1 Å². The van der Waals surface area contributed by atoms with Gasteiger partial charge >= 0.3 is 12.1 Å². The molecule has 1 N–H and O–H groups in total. The van der Waals surface area contributed by atoms with Gasteiger partial charge in [-0.15, -0.1) is 0 Å². The number of nitrogens with zero attached hydrogens (tertiary/aromatic N) is 2. The van der Waals surface area contributed by atoms with Crippen LogP contribution in [0.15, 0.2) is 42.0 Å². The number of carbonyl (C=O) groups excluding carboxylic acids is 2. The number of benzene rings is 2. The number of fused-ring (bicyclic) bond motifs is 2. The van der Waals surface area contributed by atoms with Gasteiger partial charge in [-0.3, -0.25) is 9.69 Å². The smallest absolute Gasteiger partial charge is 0.408 e. The molecule has 0 saturated carbocycles. The summed E-state index contributed by atoms with van der Waals surface area (Å²) >= 11 is 18.1. The third-order valence-corrected chi connectivity index (χ3v) is 7.62. The Morgan fingerprint density at radius 2 is 1.64 bits per heavy atom. The lowest BCUT2D eigenvalue weighted by Crippen LogP contribution is -2.64. The van der Waals surface area contributed by atoms with Crippen LogP contribution in [0.2, 0.25) is 15.1 Å². The Bertz CT molecular complexity index is 1300. The maximum absolute atomic E-state index is 13.1. The number of esters is 1. The molecule has 0 aliphatic carbocycles. The monoisotopic (exact) mass is 596 g/mol. The third kappa shape index (κ3) is 6.37. The molecule has 1 saturated heterocycles. The van der Waals surface area contributed by atoms with Crippen LogP contribution in [-0.4, -0.2) is 77.9 Å². The summed E-state index contributed by atoms with van der Waals surface area (Å²) in [7, 11) is 0. The maximum atomic E-state index is 13.1. The minimum atomic E-state index is -1.14. The summed E-state index contributed by atoms with van der Waals surface area (Å²) in [6.07, 6.45) is -0.874. The topological polar surface area (TPSA) is 106 Å². The highest BCUT2D eigenvalue weighted by atomic mass is 35.5. The van der Waals surface area contributed by atoms with Gasteiger partial charge in [-0.1, -0.05) is 46.9 Å². The maximum Gasteiger partial charge on any atom is 0.408 e. The zero-order valence-corrected chi connectivity index (χ0v) is 23.6. The number of halogens is 3. The number of hydrogen-bond acceptors (Lipinski definition) is 6. The molecule has 0 radical (unpaired) electrons. The van der Waals surface area contributed by atoms with Crippen LogP contribution in [0.4, 0.5) is 4.79 Å². The van der Waals surface area contributed by atoms with E-state index in [0.717, 1.165) is 5.56 Å². The van der Waals surface area contributed by atoms with Crippen LogP contribution in [0.1, 0.15) is 25.8 Å². The molecule has 2 atom stereocenters. The molecule has 2 heterocycles. The molecule has 4 rings (SSSR count). The largest absolute Gasteiger partial charge is 0.490 e. The molecule has 2 bridgehead atoms. The van der Waals surface area contributed by atoms with Crippen molar-refractivity contribution in [2.75, 3.05) is 32.9 Å². The fraction of sp³-hybridized carbons (Fsp3) is 0.370. The van der Waals surface area contributed by atoms with Crippen molar-refractivity contribution in [2.24, 2.45) is 0 Å². The summed E-state index contributed by atoms with van der Waals surface area (Å²) < 4.78 is 16.7. The Morgan fingerprint density at radius 1 is 0.974 bits per heavy atom. The second-order valence-corrected chi connectivity index (χ2v) is 10.2. The quantitative estimate of drug-likeness (QED) is 0.247. The average molecular weight is 598 g/mol. The summed E-state index contributed by atoms with van der Waals surface area (Å²) in [6.45, 7) is 4.03. The minimum absolute atomic E-state index is 0.0832. The fourth-order valence-corrected chi connectivity index (χ4v) is 5.47. The number of hydrogen-bond donors (Lipinski definition) is 1. The first-order valence-electron chi connectivity index (χ1n) is 12.3. The third-order valence-electron chi connectivity index (χ3n) is 6.60. The van der Waals surface area contributed by atoms with Gasteiger partial charge in [0.15, 0.2) is 0 Å². The van der Waals surface area contributed by atoms with Gasteiger partial charge in [-0.05, 0) is 42.7 Å². The molecule has 0 spiro atoms. The predicted octanol–water partition coefficient (Wildman–Crippen LogP) is 5.40. The van der Waals surface area contributed by atoms with E-state index >= 15 is 0 Å². The van der Waals surface area contributed by atoms with Crippen LogP contribution >= 0.6 is 34.8 Å². The van der Waals surface area contributed by atoms with Gasteiger partial charge in [0.25, 0.3) is 0 Å². The van der Waals surface area contributed by atoms with E-state index in [0.29, 0.717) is 32.1 Å². The standard InChI is InChI=1S/C27H27Cl3N2O7/c1-3-37-26(34)25-19(10-17-13-31(15(2)33)14-23(25)32(17)27(35)36)16-4-6-18(7-5-16)38-8-9-39-24-12-21(29)20(28)11-22(24)30/h4-7,11-12,17,23H,3,8-10,13-14H2,1-2H3,(H,35,36). The zero-order chi connectivity index (χ0) is 28.3. The molecular weight excluding hydrogens is 571 g/mol. The van der Waals surface area contributed by atoms with Crippen molar-refractivity contribution >= 4 is 58.3 Å². The zero-order valence-electron chi connectivity index (χ0n) is 21.3. The highest BCUT2D eigenvalue weighted by Crippen LogP contribution is 2.39. The molecule has 12 heteroatoms. The molecule has 2 unspecified atom stereocenters. The fourth-order valence-electron chi connectivity index (χ4n) is 4.87. The number of piperazine rings is 1. The van der Waals surface area contributed by atoms with Crippen molar-refractivity contribution in [3.05, 3.63) is 62.6 Å². The second-order valence-electron chi connectivity index (χ2n) is 9.02. The molecular formula is C27H27Cl3N2O7. The van der Waals surface area contributed by atoms with Gasteiger partial charge in [0.2, 0.25) is 5.91 Å². The Kier molecular flexibility index (Phi) is 9.15. The van der Waals surface area contributed by atoms with Crippen molar-refractivity contribution in [1.82, 2.24) is 9.80 Å². The van der Waals surface area contributed by atoms with Gasteiger partial charge in [0.1, 0.15) is 24.7 Å². The summed E-state index contributed by atoms with van der Waals surface area (Å²) in [5.74, 6) is 0.205. The van der Waals surface area contributed by atoms with Crippen molar-refractivity contribution in [3.8, 4) is 11.5 Å². The molecule has 9 nitrogen and oxygen atoms in total. The number of rotatable bonds is 8. The molecule has 2 amide bonds. The van der Waals surface area contributed by atoms with Gasteiger partial charge in [0.05, 0.1) is 39.3 Å². The van der Waals surface area contributed by atoms with Crippen LogP contribution in [0.5, 0.6) is 11.5 Å². The van der Waals surface area contributed by atoms with Crippen LogP contribution in [0.3, 0.4) is 0 Å². The summed E-state index contributed by atoms with van der Waals surface area (Å²) in [4.78, 5) is 40.2. The SMILES string of the molecule is CCOC(=O)C1=C(c2ccc(OCCOc3cc(Cl)c(Cl)cc3Cl)cc2)CC2CN(C(C)=O)CC1N2C(=O)O. The van der Waals surface area contributed by atoms with Gasteiger partial charge in [-0.2, -0.15) is 0 Å². The highest BCUT2D eigenvalue weighted by molar-refractivity contribution is 6.43. The number of amides is 2. The van der Waals surface area contributed by atoms with E-state index in [1.54, 1.807) is 24.0 Å². The molecule has 208 valence electrons. The lowest BCUT2D eigenvalue weighted by molar-refractivity contribution is -0.141. The first-order chi connectivity index (χ1) is 18.6. The molecule has 39 heavy (non-hydrogen) atoms. The van der Waals surface area contributed by atoms with Crippen molar-refractivity contribution < 1.29 is 33.7 Å². The van der Waals surface area contributed by atoms with E-state index in [4.69, 9.17) is 49.0 Å². The van der Waals surface area contributed by atoms with Crippen LogP contribution in [0.25, 0.3) is 5.57 Å². The first kappa shape index (κ1) is 28.9. The summed E-state index contributed by atoms with van der Waals surface area (Å²) in [5, 5.41) is 10.9. The van der Waals surface area contributed by atoms with Crippen LogP contribution in [-0.2, 0) is 14.3 Å².